The molecule has 0 saturated carbocycles. The average Bonchev–Trinajstić information content (AvgIpc) is 3.52. The van der Waals surface area contributed by atoms with Gasteiger partial charge in [0, 0.05) is 59.4 Å². The number of likely N-dealkylation sites (tertiary alicyclic amines) is 1. The summed E-state index contributed by atoms with van der Waals surface area (Å²) in [4.78, 5) is 62.7. The lowest BCUT2D eigenvalue weighted by Crippen LogP contribution is -2.56. The Morgan fingerprint density at radius 1 is 0.961 bits per heavy atom. The van der Waals surface area contributed by atoms with E-state index in [2.05, 4.69) is 10.2 Å². The summed E-state index contributed by atoms with van der Waals surface area (Å²) in [6.07, 6.45) is 9.01. The number of cyclic esters (lactones) is 1. The largest absolute Gasteiger partial charge is 0.455 e. The van der Waals surface area contributed by atoms with Crippen molar-refractivity contribution in [3.05, 3.63) is 60.2 Å². The molecule has 7 atom stereocenters. The number of carbonyl (C=O) groups excluding carboxylic acids is 4. The van der Waals surface area contributed by atoms with Crippen LogP contribution >= 0.6 is 0 Å². The maximum atomic E-state index is 14.7. The van der Waals surface area contributed by atoms with Crippen LogP contribution in [0.1, 0.15) is 50.2 Å². The third-order valence-corrected chi connectivity index (χ3v) is 10.7. The molecule has 3 amide bonds. The van der Waals surface area contributed by atoms with Gasteiger partial charge in [0.05, 0.1) is 37.9 Å². The molecule has 0 aliphatic carbocycles. The summed E-state index contributed by atoms with van der Waals surface area (Å²) in [7, 11) is 1.52. The lowest BCUT2D eigenvalue weighted by atomic mass is 9.77. The van der Waals surface area contributed by atoms with Crippen molar-refractivity contribution >= 4 is 23.7 Å². The lowest BCUT2D eigenvalue weighted by molar-refractivity contribution is -0.162. The molecule has 0 bridgehead atoms. The number of nitrogens with zero attached hydrogens (tertiary/aromatic N) is 3. The standard InChI is InChI=1S/C38H52N4O9/c1-48-26-28-33(27-12-5-4-6-13-27)50-37(47)31-29(14-7-8-15-30(44)39-28)51-38-16-11-17-41(20-19-40-21-24-49-25-22-40)36(46)34(38)42(35(45)32(31)38)18-9-2-3-10-23-43/h4-7,11-14,16,28-29,31-34,43H,2-3,8-10,15,17-26H2,1H3,(H,39,44)/b14-7-/t28-,29-,31+,32+,33-,34-,38+/m1/s1. The van der Waals surface area contributed by atoms with E-state index < -0.39 is 47.7 Å². The van der Waals surface area contributed by atoms with Gasteiger partial charge in [0.2, 0.25) is 17.7 Å². The number of morpholine rings is 1. The van der Waals surface area contributed by atoms with Crippen molar-refractivity contribution in [1.82, 2.24) is 20.0 Å². The number of amides is 3. The zero-order valence-electron chi connectivity index (χ0n) is 29.5. The minimum absolute atomic E-state index is 0.0922. The van der Waals surface area contributed by atoms with Crippen molar-refractivity contribution in [2.75, 3.05) is 72.8 Å². The molecule has 5 aliphatic heterocycles. The van der Waals surface area contributed by atoms with Crippen LogP contribution in [-0.2, 0) is 38.1 Å². The summed E-state index contributed by atoms with van der Waals surface area (Å²) in [6, 6.07) is 7.53. The van der Waals surface area contributed by atoms with Gasteiger partial charge in [0.15, 0.2) is 0 Å². The van der Waals surface area contributed by atoms with E-state index in [0.29, 0.717) is 64.2 Å². The number of fused-ring (bicyclic) bond motifs is 2. The van der Waals surface area contributed by atoms with Crippen LogP contribution in [0.2, 0.25) is 0 Å². The van der Waals surface area contributed by atoms with Crippen LogP contribution in [0, 0.1) is 11.8 Å². The maximum Gasteiger partial charge on any atom is 0.313 e. The molecule has 51 heavy (non-hydrogen) atoms. The molecule has 6 rings (SSSR count). The Morgan fingerprint density at radius 3 is 2.51 bits per heavy atom. The molecule has 2 N–H and O–H groups in total. The van der Waals surface area contributed by atoms with Gasteiger partial charge in [-0.3, -0.25) is 24.1 Å². The highest BCUT2D eigenvalue weighted by Crippen LogP contribution is 2.53. The number of esters is 1. The molecule has 3 fully saturated rings. The fraction of sp³-hybridized carbons (Fsp3) is 0.632. The predicted molar refractivity (Wildman–Crippen MR) is 186 cm³/mol. The van der Waals surface area contributed by atoms with E-state index in [0.717, 1.165) is 25.9 Å². The van der Waals surface area contributed by atoms with Crippen LogP contribution in [0.15, 0.2) is 54.6 Å². The van der Waals surface area contributed by atoms with Crippen molar-refractivity contribution in [3.63, 3.8) is 0 Å². The predicted octanol–water partition coefficient (Wildman–Crippen LogP) is 1.62. The first-order chi connectivity index (χ1) is 24.9. The van der Waals surface area contributed by atoms with Crippen molar-refractivity contribution < 1.29 is 43.2 Å². The second kappa shape index (κ2) is 17.3. The molecule has 13 nitrogen and oxygen atoms in total. The fourth-order valence-electron chi connectivity index (χ4n) is 8.21. The summed E-state index contributed by atoms with van der Waals surface area (Å²) in [6.45, 7) is 4.93. The summed E-state index contributed by atoms with van der Waals surface area (Å²) < 4.78 is 24.2. The molecule has 0 aromatic heterocycles. The van der Waals surface area contributed by atoms with Crippen LogP contribution in [-0.4, -0.2) is 140 Å². The quantitative estimate of drug-likeness (QED) is 0.187. The molecular weight excluding hydrogens is 656 g/mol. The van der Waals surface area contributed by atoms with E-state index in [1.54, 1.807) is 22.0 Å². The van der Waals surface area contributed by atoms with Crippen LogP contribution in [0.25, 0.3) is 0 Å². The van der Waals surface area contributed by atoms with E-state index in [9.17, 15) is 24.3 Å². The Kier molecular flexibility index (Phi) is 12.6. The molecule has 1 aromatic rings. The second-order valence-electron chi connectivity index (χ2n) is 14.0. The Bertz CT molecular complexity index is 1430. The Labute approximate surface area is 299 Å². The second-order valence-corrected chi connectivity index (χ2v) is 14.0. The zero-order chi connectivity index (χ0) is 35.8. The Balaban J connectivity index is 1.35. The monoisotopic (exact) mass is 708 g/mol. The van der Waals surface area contributed by atoms with Crippen molar-refractivity contribution in [1.29, 1.82) is 0 Å². The van der Waals surface area contributed by atoms with Gasteiger partial charge in [0.25, 0.3) is 0 Å². The fourth-order valence-corrected chi connectivity index (χ4v) is 8.21. The number of hydrogen-bond acceptors (Lipinski definition) is 10. The van der Waals surface area contributed by atoms with Crippen molar-refractivity contribution in [2.45, 2.75) is 68.4 Å². The van der Waals surface area contributed by atoms with Crippen LogP contribution in [0.4, 0.5) is 0 Å². The first-order valence-corrected chi connectivity index (χ1v) is 18.4. The van der Waals surface area contributed by atoms with Crippen LogP contribution < -0.4 is 5.32 Å². The number of benzene rings is 1. The third kappa shape index (κ3) is 8.07. The molecule has 278 valence electrons. The molecule has 13 heteroatoms. The van der Waals surface area contributed by atoms with Crippen molar-refractivity contribution in [2.24, 2.45) is 11.8 Å². The van der Waals surface area contributed by atoms with Gasteiger partial charge in [-0.15, -0.1) is 0 Å². The summed E-state index contributed by atoms with van der Waals surface area (Å²) in [5.74, 6) is -3.40. The van der Waals surface area contributed by atoms with E-state index in [4.69, 9.17) is 18.9 Å². The Hall–Kier alpha value is -3.62. The minimum atomic E-state index is -1.39. The van der Waals surface area contributed by atoms with Gasteiger partial charge in [-0.05, 0) is 24.8 Å². The number of aliphatic hydroxyl groups is 1. The van der Waals surface area contributed by atoms with Gasteiger partial charge >= 0.3 is 5.97 Å². The number of allylic oxidation sites excluding steroid dienone is 1. The van der Waals surface area contributed by atoms with E-state index in [1.165, 1.54) is 7.11 Å². The number of nitrogens with one attached hydrogen (secondary N) is 1. The molecule has 0 radical (unpaired) electrons. The zero-order valence-corrected chi connectivity index (χ0v) is 29.5. The first-order valence-electron chi connectivity index (χ1n) is 18.4. The van der Waals surface area contributed by atoms with Gasteiger partial charge in [-0.25, -0.2) is 0 Å². The molecule has 1 spiro atoms. The topological polar surface area (TPSA) is 147 Å². The number of aliphatic hydroxyl groups excluding tert-OH is 1. The van der Waals surface area contributed by atoms with Crippen LogP contribution in [0.5, 0.6) is 0 Å². The van der Waals surface area contributed by atoms with E-state index >= 15 is 0 Å². The highest BCUT2D eigenvalue weighted by Gasteiger charge is 2.71. The van der Waals surface area contributed by atoms with Gasteiger partial charge in [-0.2, -0.15) is 0 Å². The van der Waals surface area contributed by atoms with Gasteiger partial charge in [0.1, 0.15) is 23.7 Å². The normalized spacial score (nSPS) is 32.3. The summed E-state index contributed by atoms with van der Waals surface area (Å²) in [5, 5.41) is 12.3. The number of carbonyl (C=O) groups is 4. The smallest absolute Gasteiger partial charge is 0.313 e. The SMILES string of the molecule is COC[C@H]1NC(=O)CC/C=C\[C@H]2O[C@]34C=CCN(CCN5CCOCC5)C(=O)[C@H]3N(CCCCCCO)C(=O)[C@@H]4[C@H]2C(=O)O[C@@H]1c1ccccc1. The van der Waals surface area contributed by atoms with Gasteiger partial charge < -0.3 is 39.2 Å². The number of ether oxygens (including phenoxy) is 4. The van der Waals surface area contributed by atoms with E-state index in [-0.39, 0.29) is 37.4 Å². The highest BCUT2D eigenvalue weighted by atomic mass is 16.6. The number of rotatable bonds is 12. The number of unbranched alkanes of at least 4 members (excludes halogenated alkanes) is 3. The average molecular weight is 709 g/mol. The first kappa shape index (κ1) is 37.1. The maximum absolute atomic E-state index is 14.7. The number of hydrogen-bond donors (Lipinski definition) is 2. The van der Waals surface area contributed by atoms with E-state index in [1.807, 2.05) is 42.5 Å². The molecular formula is C38H52N4O9. The van der Waals surface area contributed by atoms with Crippen LogP contribution in [0.3, 0.4) is 0 Å². The molecule has 1 aromatic carbocycles. The highest BCUT2D eigenvalue weighted by molar-refractivity contribution is 5.99. The molecule has 5 aliphatic rings. The number of methoxy groups -OCH3 is 1. The molecule has 3 saturated heterocycles. The summed E-state index contributed by atoms with van der Waals surface area (Å²) >= 11 is 0. The molecule has 0 unspecified atom stereocenters. The third-order valence-electron chi connectivity index (χ3n) is 10.7. The molecule has 5 heterocycles. The summed E-state index contributed by atoms with van der Waals surface area (Å²) in [5.41, 5.74) is -0.722. The minimum Gasteiger partial charge on any atom is -0.455 e. The van der Waals surface area contributed by atoms with Gasteiger partial charge in [-0.1, -0.05) is 67.5 Å². The van der Waals surface area contributed by atoms with Crippen molar-refractivity contribution in [3.8, 4) is 0 Å². The lowest BCUT2D eigenvalue weighted by Gasteiger charge is -2.36. The Morgan fingerprint density at radius 2 is 1.75 bits per heavy atom.